The lowest BCUT2D eigenvalue weighted by Crippen LogP contribution is -2.34. The van der Waals surface area contributed by atoms with Crippen LogP contribution in [0.1, 0.15) is 6.42 Å². The van der Waals surface area contributed by atoms with Crippen LogP contribution < -0.4 is 10.6 Å². The summed E-state index contributed by atoms with van der Waals surface area (Å²) in [6, 6.07) is 6.31. The molecule has 1 aromatic rings. The molecule has 2 rings (SSSR count). The SMILES string of the molecule is Fc1ccccc1NCC1(F)CCNC1. The maximum Gasteiger partial charge on any atom is 0.146 e. The molecule has 2 N–H and O–H groups in total. The fourth-order valence-electron chi connectivity index (χ4n) is 1.72. The molecule has 1 fully saturated rings. The molecule has 1 unspecified atom stereocenters. The van der Waals surface area contributed by atoms with Crippen LogP contribution in [-0.4, -0.2) is 25.3 Å². The molecule has 1 aromatic carbocycles. The number of anilines is 1. The molecule has 0 radical (unpaired) electrons. The molecule has 1 aliphatic rings. The number of halogens is 2. The molecule has 1 saturated heterocycles. The Balaban J connectivity index is 1.95. The summed E-state index contributed by atoms with van der Waals surface area (Å²) in [5.41, 5.74) is -0.885. The first-order valence-corrected chi connectivity index (χ1v) is 5.08. The predicted molar refractivity (Wildman–Crippen MR) is 56.2 cm³/mol. The average molecular weight is 212 g/mol. The molecule has 0 saturated carbocycles. The van der Waals surface area contributed by atoms with Crippen LogP contribution in [0.3, 0.4) is 0 Å². The minimum absolute atomic E-state index is 0.154. The summed E-state index contributed by atoms with van der Waals surface area (Å²) in [6.07, 6.45) is 0.481. The zero-order chi connectivity index (χ0) is 10.7. The zero-order valence-corrected chi connectivity index (χ0v) is 8.39. The van der Waals surface area contributed by atoms with E-state index in [1.807, 2.05) is 0 Å². The minimum Gasteiger partial charge on any atom is -0.379 e. The first-order chi connectivity index (χ1) is 7.20. The van der Waals surface area contributed by atoms with Gasteiger partial charge in [-0.2, -0.15) is 0 Å². The van der Waals surface area contributed by atoms with Crippen molar-refractivity contribution in [2.24, 2.45) is 0 Å². The maximum atomic E-state index is 13.9. The van der Waals surface area contributed by atoms with Crippen molar-refractivity contribution in [2.75, 3.05) is 25.0 Å². The van der Waals surface area contributed by atoms with E-state index in [2.05, 4.69) is 10.6 Å². The van der Waals surface area contributed by atoms with Crippen molar-refractivity contribution < 1.29 is 8.78 Å². The van der Waals surface area contributed by atoms with Crippen molar-refractivity contribution in [1.29, 1.82) is 0 Å². The van der Waals surface area contributed by atoms with E-state index in [0.717, 1.165) is 0 Å². The Bertz CT molecular complexity index is 335. The van der Waals surface area contributed by atoms with E-state index in [0.29, 0.717) is 25.2 Å². The van der Waals surface area contributed by atoms with E-state index in [9.17, 15) is 8.78 Å². The minimum atomic E-state index is -1.25. The lowest BCUT2D eigenvalue weighted by Gasteiger charge is -2.19. The van der Waals surface area contributed by atoms with Crippen LogP contribution in [0, 0.1) is 5.82 Å². The normalized spacial score (nSPS) is 25.5. The largest absolute Gasteiger partial charge is 0.379 e. The van der Waals surface area contributed by atoms with Gasteiger partial charge < -0.3 is 10.6 Å². The summed E-state index contributed by atoms with van der Waals surface area (Å²) in [7, 11) is 0. The van der Waals surface area contributed by atoms with Gasteiger partial charge in [-0.1, -0.05) is 12.1 Å². The van der Waals surface area contributed by atoms with Gasteiger partial charge in [-0.15, -0.1) is 0 Å². The van der Waals surface area contributed by atoms with Crippen molar-refractivity contribution in [2.45, 2.75) is 12.1 Å². The van der Waals surface area contributed by atoms with Gasteiger partial charge in [-0.25, -0.2) is 8.78 Å². The molecule has 2 nitrogen and oxygen atoms in total. The smallest absolute Gasteiger partial charge is 0.146 e. The summed E-state index contributed by atoms with van der Waals surface area (Å²) in [5.74, 6) is -0.341. The van der Waals surface area contributed by atoms with Crippen LogP contribution in [0.2, 0.25) is 0 Å². The Kier molecular flexibility index (Phi) is 2.86. The van der Waals surface area contributed by atoms with Crippen LogP contribution in [0.5, 0.6) is 0 Å². The monoisotopic (exact) mass is 212 g/mol. The first kappa shape index (κ1) is 10.4. The van der Waals surface area contributed by atoms with Crippen molar-refractivity contribution in [3.05, 3.63) is 30.1 Å². The number of rotatable bonds is 3. The maximum absolute atomic E-state index is 13.9. The highest BCUT2D eigenvalue weighted by atomic mass is 19.1. The fraction of sp³-hybridized carbons (Fsp3) is 0.455. The molecule has 4 heteroatoms. The first-order valence-electron chi connectivity index (χ1n) is 5.08. The number of benzene rings is 1. The molecular weight excluding hydrogens is 198 g/mol. The molecule has 0 aromatic heterocycles. The lowest BCUT2D eigenvalue weighted by molar-refractivity contribution is 0.207. The molecule has 0 bridgehead atoms. The van der Waals surface area contributed by atoms with Gasteiger partial charge in [0.05, 0.1) is 12.2 Å². The van der Waals surface area contributed by atoms with E-state index in [-0.39, 0.29) is 12.4 Å². The molecule has 1 heterocycles. The van der Waals surface area contributed by atoms with Crippen molar-refractivity contribution in [1.82, 2.24) is 5.32 Å². The number of hydrogen-bond donors (Lipinski definition) is 2. The highest BCUT2D eigenvalue weighted by Gasteiger charge is 2.33. The topological polar surface area (TPSA) is 24.1 Å². The quantitative estimate of drug-likeness (QED) is 0.800. The van der Waals surface area contributed by atoms with Gasteiger partial charge in [0.15, 0.2) is 0 Å². The van der Waals surface area contributed by atoms with Crippen molar-refractivity contribution in [3.63, 3.8) is 0 Å². The number of nitrogens with one attached hydrogen (secondary N) is 2. The van der Waals surface area contributed by atoms with Crippen LogP contribution in [-0.2, 0) is 0 Å². The Morgan fingerprint density at radius 2 is 2.20 bits per heavy atom. The van der Waals surface area contributed by atoms with Gasteiger partial charge in [0.25, 0.3) is 0 Å². The van der Waals surface area contributed by atoms with Crippen LogP contribution >= 0.6 is 0 Å². The van der Waals surface area contributed by atoms with Gasteiger partial charge >= 0.3 is 0 Å². The molecule has 1 atom stereocenters. The summed E-state index contributed by atoms with van der Waals surface area (Å²) in [6.45, 7) is 1.19. The van der Waals surface area contributed by atoms with Gasteiger partial charge in [0.1, 0.15) is 11.5 Å². The van der Waals surface area contributed by atoms with Crippen LogP contribution in [0.4, 0.5) is 14.5 Å². The lowest BCUT2D eigenvalue weighted by atomic mass is 10.1. The van der Waals surface area contributed by atoms with E-state index in [1.54, 1.807) is 18.2 Å². The molecule has 0 spiro atoms. The Morgan fingerprint density at radius 1 is 1.40 bits per heavy atom. The highest BCUT2D eigenvalue weighted by Crippen LogP contribution is 2.21. The van der Waals surface area contributed by atoms with E-state index >= 15 is 0 Å². The second kappa shape index (κ2) is 4.14. The second-order valence-corrected chi connectivity index (χ2v) is 3.91. The summed E-state index contributed by atoms with van der Waals surface area (Å²) in [5, 5.41) is 5.76. The Labute approximate surface area is 87.7 Å². The third kappa shape index (κ3) is 2.45. The Hall–Kier alpha value is -1.16. The standard InChI is InChI=1S/C11H14F2N2/c12-9-3-1-2-4-10(9)15-8-11(13)5-6-14-7-11/h1-4,14-15H,5-8H2. The summed E-state index contributed by atoms with van der Waals surface area (Å²) in [4.78, 5) is 0. The zero-order valence-electron chi connectivity index (χ0n) is 8.39. The van der Waals surface area contributed by atoms with Gasteiger partial charge in [-0.3, -0.25) is 0 Å². The third-order valence-corrected chi connectivity index (χ3v) is 2.66. The van der Waals surface area contributed by atoms with Gasteiger partial charge in [0.2, 0.25) is 0 Å². The number of alkyl halides is 1. The van der Waals surface area contributed by atoms with Crippen molar-refractivity contribution in [3.8, 4) is 0 Å². The average Bonchev–Trinajstić information content (AvgIpc) is 2.65. The van der Waals surface area contributed by atoms with E-state index < -0.39 is 5.67 Å². The number of hydrogen-bond acceptors (Lipinski definition) is 2. The fourth-order valence-corrected chi connectivity index (χ4v) is 1.72. The molecular formula is C11H14F2N2. The molecule has 0 amide bonds. The van der Waals surface area contributed by atoms with E-state index in [1.165, 1.54) is 6.07 Å². The van der Waals surface area contributed by atoms with Gasteiger partial charge in [0, 0.05) is 6.54 Å². The second-order valence-electron chi connectivity index (χ2n) is 3.91. The molecule has 15 heavy (non-hydrogen) atoms. The Morgan fingerprint density at radius 3 is 2.87 bits per heavy atom. The van der Waals surface area contributed by atoms with Crippen LogP contribution in [0.15, 0.2) is 24.3 Å². The van der Waals surface area contributed by atoms with Gasteiger partial charge in [-0.05, 0) is 25.1 Å². The van der Waals surface area contributed by atoms with E-state index in [4.69, 9.17) is 0 Å². The molecule has 0 aliphatic carbocycles. The van der Waals surface area contributed by atoms with Crippen molar-refractivity contribution >= 4 is 5.69 Å². The summed E-state index contributed by atoms with van der Waals surface area (Å²) < 4.78 is 27.1. The third-order valence-electron chi connectivity index (χ3n) is 2.66. The molecule has 1 aliphatic heterocycles. The summed E-state index contributed by atoms with van der Waals surface area (Å²) >= 11 is 0. The number of para-hydroxylation sites is 1. The highest BCUT2D eigenvalue weighted by molar-refractivity contribution is 5.44. The predicted octanol–water partition coefficient (Wildman–Crippen LogP) is 1.94. The van der Waals surface area contributed by atoms with Crippen LogP contribution in [0.25, 0.3) is 0 Å². The molecule has 82 valence electrons.